The van der Waals surface area contributed by atoms with Crippen molar-refractivity contribution < 1.29 is 14.2 Å². The average molecular weight is 236 g/mol. The molecule has 1 saturated carbocycles. The Morgan fingerprint density at radius 2 is 1.47 bits per heavy atom. The quantitative estimate of drug-likeness (QED) is 0.803. The molecule has 0 N–H and O–H groups in total. The number of methoxy groups -OCH3 is 3. The summed E-state index contributed by atoms with van der Waals surface area (Å²) in [7, 11) is 5.01. The molecule has 1 unspecified atom stereocenters. The molecule has 0 radical (unpaired) electrons. The molecule has 1 aromatic rings. The molecule has 0 heterocycles. The number of benzene rings is 1. The predicted molar refractivity (Wildman–Crippen MR) is 67.2 cm³/mol. The fraction of sp³-hybridized carbons (Fsp3) is 0.571. The van der Waals surface area contributed by atoms with E-state index in [1.807, 2.05) is 6.07 Å². The van der Waals surface area contributed by atoms with E-state index in [1.54, 1.807) is 21.3 Å². The summed E-state index contributed by atoms with van der Waals surface area (Å²) >= 11 is 0. The van der Waals surface area contributed by atoms with E-state index in [2.05, 4.69) is 13.0 Å². The van der Waals surface area contributed by atoms with Crippen molar-refractivity contribution in [3.63, 3.8) is 0 Å². The van der Waals surface area contributed by atoms with Crippen LogP contribution in [0.3, 0.4) is 0 Å². The Balaban J connectivity index is 2.42. The first kappa shape index (κ1) is 12.1. The molecule has 17 heavy (non-hydrogen) atoms. The van der Waals surface area contributed by atoms with Crippen LogP contribution >= 0.6 is 0 Å². The normalized spacial score (nSPS) is 22.8. The third kappa shape index (κ3) is 2.06. The van der Waals surface area contributed by atoms with E-state index in [9.17, 15) is 0 Å². The Bertz CT molecular complexity index is 401. The van der Waals surface area contributed by atoms with Crippen molar-refractivity contribution in [2.24, 2.45) is 5.92 Å². The zero-order chi connectivity index (χ0) is 12.4. The Kier molecular flexibility index (Phi) is 3.46. The lowest BCUT2D eigenvalue weighted by molar-refractivity contribution is 0.269. The zero-order valence-corrected chi connectivity index (χ0v) is 10.9. The van der Waals surface area contributed by atoms with Crippen LogP contribution in [0.5, 0.6) is 17.2 Å². The number of hydrogen-bond acceptors (Lipinski definition) is 3. The van der Waals surface area contributed by atoms with Gasteiger partial charge in [-0.05, 0) is 30.7 Å². The smallest absolute Gasteiger partial charge is 0.164 e. The van der Waals surface area contributed by atoms with Crippen LogP contribution in [-0.4, -0.2) is 21.3 Å². The van der Waals surface area contributed by atoms with Crippen LogP contribution in [0, 0.1) is 5.92 Å². The van der Waals surface area contributed by atoms with Gasteiger partial charge in [0.1, 0.15) is 5.75 Å². The summed E-state index contributed by atoms with van der Waals surface area (Å²) in [6.07, 6.45) is 2.52. The standard InChI is InChI=1S/C14H20O3/c1-9-5-6-10(9)11-7-13(16-3)14(17-4)8-12(11)15-2/h7-10H,5-6H2,1-4H3/t9-,10?/m1/s1. The van der Waals surface area contributed by atoms with Crippen molar-refractivity contribution in [1.29, 1.82) is 0 Å². The lowest BCUT2D eigenvalue weighted by Gasteiger charge is -2.35. The van der Waals surface area contributed by atoms with E-state index in [-0.39, 0.29) is 0 Å². The molecule has 1 fully saturated rings. The van der Waals surface area contributed by atoms with Crippen molar-refractivity contribution in [1.82, 2.24) is 0 Å². The van der Waals surface area contributed by atoms with Gasteiger partial charge in [-0.3, -0.25) is 0 Å². The number of rotatable bonds is 4. The molecule has 3 nitrogen and oxygen atoms in total. The van der Waals surface area contributed by atoms with Gasteiger partial charge in [-0.15, -0.1) is 0 Å². The van der Waals surface area contributed by atoms with Crippen LogP contribution in [-0.2, 0) is 0 Å². The highest BCUT2D eigenvalue weighted by atomic mass is 16.5. The van der Waals surface area contributed by atoms with Crippen LogP contribution < -0.4 is 14.2 Å². The van der Waals surface area contributed by atoms with Crippen LogP contribution in [0.1, 0.15) is 31.2 Å². The van der Waals surface area contributed by atoms with Crippen molar-refractivity contribution in [3.8, 4) is 17.2 Å². The molecular formula is C14H20O3. The molecule has 0 bridgehead atoms. The minimum atomic E-state index is 0.588. The van der Waals surface area contributed by atoms with E-state index < -0.39 is 0 Å². The summed E-state index contributed by atoms with van der Waals surface area (Å²) in [4.78, 5) is 0. The second-order valence-corrected chi connectivity index (χ2v) is 4.61. The van der Waals surface area contributed by atoms with Crippen LogP contribution in [0.4, 0.5) is 0 Å². The van der Waals surface area contributed by atoms with Gasteiger partial charge in [0.2, 0.25) is 0 Å². The van der Waals surface area contributed by atoms with Gasteiger partial charge in [0.25, 0.3) is 0 Å². The molecule has 2 rings (SSSR count). The van der Waals surface area contributed by atoms with Gasteiger partial charge in [-0.2, -0.15) is 0 Å². The van der Waals surface area contributed by atoms with Gasteiger partial charge in [-0.1, -0.05) is 6.92 Å². The van der Waals surface area contributed by atoms with E-state index in [0.717, 1.165) is 23.2 Å². The van der Waals surface area contributed by atoms with Gasteiger partial charge in [0.05, 0.1) is 21.3 Å². The Morgan fingerprint density at radius 1 is 0.882 bits per heavy atom. The largest absolute Gasteiger partial charge is 0.496 e. The van der Waals surface area contributed by atoms with Crippen molar-refractivity contribution >= 4 is 0 Å². The Hall–Kier alpha value is -1.38. The highest BCUT2D eigenvalue weighted by molar-refractivity contribution is 5.52. The molecule has 3 heteroatoms. The van der Waals surface area contributed by atoms with E-state index in [4.69, 9.17) is 14.2 Å². The maximum Gasteiger partial charge on any atom is 0.164 e. The number of hydrogen-bond donors (Lipinski definition) is 0. The van der Waals surface area contributed by atoms with Crippen LogP contribution in [0.25, 0.3) is 0 Å². The highest BCUT2D eigenvalue weighted by Crippen LogP contribution is 2.48. The molecule has 0 amide bonds. The van der Waals surface area contributed by atoms with Gasteiger partial charge in [-0.25, -0.2) is 0 Å². The summed E-state index contributed by atoms with van der Waals surface area (Å²) in [6.45, 7) is 2.28. The third-order valence-electron chi connectivity index (χ3n) is 3.76. The first-order valence-corrected chi connectivity index (χ1v) is 6.01. The SMILES string of the molecule is COc1cc(OC)c(C2CC[C@H]2C)cc1OC. The summed E-state index contributed by atoms with van der Waals surface area (Å²) in [6, 6.07) is 3.97. The molecule has 0 aliphatic heterocycles. The first-order valence-electron chi connectivity index (χ1n) is 6.01. The monoisotopic (exact) mass is 236 g/mol. The fourth-order valence-electron chi connectivity index (χ4n) is 2.47. The molecule has 0 aromatic heterocycles. The molecule has 0 saturated heterocycles. The first-order chi connectivity index (χ1) is 8.21. The second kappa shape index (κ2) is 4.86. The lowest BCUT2D eigenvalue weighted by atomic mass is 9.71. The summed E-state index contributed by atoms with van der Waals surface area (Å²) < 4.78 is 16.1. The number of ether oxygens (including phenoxy) is 3. The van der Waals surface area contributed by atoms with Gasteiger partial charge in [0, 0.05) is 11.6 Å². The molecule has 1 aromatic carbocycles. The zero-order valence-electron chi connectivity index (χ0n) is 10.9. The minimum Gasteiger partial charge on any atom is -0.496 e. The van der Waals surface area contributed by atoms with E-state index in [0.29, 0.717) is 5.92 Å². The Labute approximate surface area is 103 Å². The topological polar surface area (TPSA) is 27.7 Å². The summed E-state index contributed by atoms with van der Waals surface area (Å²) in [5, 5.41) is 0. The lowest BCUT2D eigenvalue weighted by Crippen LogP contribution is -2.21. The minimum absolute atomic E-state index is 0.588. The van der Waals surface area contributed by atoms with Crippen molar-refractivity contribution in [3.05, 3.63) is 17.7 Å². The van der Waals surface area contributed by atoms with Gasteiger partial charge < -0.3 is 14.2 Å². The summed E-state index contributed by atoms with van der Waals surface area (Å²) in [5.41, 5.74) is 1.24. The van der Waals surface area contributed by atoms with Gasteiger partial charge >= 0.3 is 0 Å². The second-order valence-electron chi connectivity index (χ2n) is 4.61. The molecular weight excluding hydrogens is 216 g/mol. The maximum absolute atomic E-state index is 5.46. The Morgan fingerprint density at radius 3 is 1.88 bits per heavy atom. The maximum atomic E-state index is 5.46. The molecule has 94 valence electrons. The predicted octanol–water partition coefficient (Wildman–Crippen LogP) is 3.23. The summed E-state index contributed by atoms with van der Waals surface area (Å²) in [5.74, 6) is 3.72. The molecule has 1 aliphatic rings. The third-order valence-corrected chi connectivity index (χ3v) is 3.76. The van der Waals surface area contributed by atoms with Crippen LogP contribution in [0.15, 0.2) is 12.1 Å². The molecule has 1 aliphatic carbocycles. The molecule has 2 atom stereocenters. The van der Waals surface area contributed by atoms with E-state index >= 15 is 0 Å². The van der Waals surface area contributed by atoms with Crippen LogP contribution in [0.2, 0.25) is 0 Å². The highest BCUT2D eigenvalue weighted by Gasteiger charge is 2.31. The van der Waals surface area contributed by atoms with Crippen molar-refractivity contribution in [2.45, 2.75) is 25.7 Å². The van der Waals surface area contributed by atoms with E-state index in [1.165, 1.54) is 18.4 Å². The van der Waals surface area contributed by atoms with Gasteiger partial charge in [0.15, 0.2) is 11.5 Å². The van der Waals surface area contributed by atoms with Crippen molar-refractivity contribution in [2.75, 3.05) is 21.3 Å². The average Bonchev–Trinajstić information content (AvgIpc) is 2.36. The fourth-order valence-corrected chi connectivity index (χ4v) is 2.47. The molecule has 0 spiro atoms.